The van der Waals surface area contributed by atoms with Gasteiger partial charge in [0.25, 0.3) is 0 Å². The van der Waals surface area contributed by atoms with Crippen molar-refractivity contribution in [2.24, 2.45) is 17.8 Å². The molecule has 4 aliphatic carbocycles. The maximum Gasteiger partial charge on any atom is 0.335 e. The first-order chi connectivity index (χ1) is 13.8. The molecule has 4 saturated carbocycles. The summed E-state index contributed by atoms with van der Waals surface area (Å²) in [5.74, 6) is 0.0356. The standard InChI is InChI=1S/C22H26FN3O3/c1-24(12-14-2-4-18(23)5-3-14)13-25-19(27)20(28)26(21(25)29)22-9-15-6-16(10-22)8-17(7-15)11-22/h2-5,15-17H,6-13H2,1H3. The zero-order valence-electron chi connectivity index (χ0n) is 16.6. The molecule has 1 aliphatic heterocycles. The highest BCUT2D eigenvalue weighted by Gasteiger charge is 2.61. The fourth-order valence-electron chi connectivity index (χ4n) is 6.58. The van der Waals surface area contributed by atoms with Crippen LogP contribution < -0.4 is 0 Å². The number of rotatable bonds is 5. The minimum absolute atomic E-state index is 0.0453. The van der Waals surface area contributed by atoms with Crippen molar-refractivity contribution in [2.45, 2.75) is 50.6 Å². The van der Waals surface area contributed by atoms with Crippen molar-refractivity contribution in [1.29, 1.82) is 0 Å². The zero-order chi connectivity index (χ0) is 20.3. The number of carbonyl (C=O) groups excluding carboxylic acids is 3. The van der Waals surface area contributed by atoms with Crippen LogP contribution in [0.5, 0.6) is 0 Å². The van der Waals surface area contributed by atoms with E-state index in [2.05, 4.69) is 0 Å². The highest BCUT2D eigenvalue weighted by Crippen LogP contribution is 2.58. The third-order valence-electron chi connectivity index (χ3n) is 7.28. The summed E-state index contributed by atoms with van der Waals surface area (Å²) in [6, 6.07) is 5.65. The van der Waals surface area contributed by atoms with Crippen LogP contribution >= 0.6 is 0 Å². The van der Waals surface area contributed by atoms with Crippen LogP contribution in [0.25, 0.3) is 0 Å². The average Bonchev–Trinajstić information content (AvgIpc) is 2.86. The van der Waals surface area contributed by atoms with Crippen LogP contribution in [0, 0.1) is 23.6 Å². The maximum atomic E-state index is 13.2. The molecule has 0 N–H and O–H groups in total. The number of hydrogen-bond acceptors (Lipinski definition) is 4. The largest absolute Gasteiger partial charge is 0.335 e. The Labute approximate surface area is 169 Å². The molecule has 0 radical (unpaired) electrons. The normalized spacial score (nSPS) is 33.5. The predicted molar refractivity (Wildman–Crippen MR) is 103 cm³/mol. The number of imide groups is 2. The lowest BCUT2D eigenvalue weighted by molar-refractivity contribution is -0.150. The topological polar surface area (TPSA) is 60.9 Å². The number of benzene rings is 1. The highest BCUT2D eigenvalue weighted by atomic mass is 19.1. The first-order valence-electron chi connectivity index (χ1n) is 10.5. The van der Waals surface area contributed by atoms with Crippen LogP contribution in [0.3, 0.4) is 0 Å². The van der Waals surface area contributed by atoms with Crippen LogP contribution in [0.4, 0.5) is 9.18 Å². The molecule has 4 bridgehead atoms. The van der Waals surface area contributed by atoms with Crippen LogP contribution in [0.1, 0.15) is 44.1 Å². The molecular formula is C22H26FN3O3. The van der Waals surface area contributed by atoms with Crippen LogP contribution in [0.15, 0.2) is 24.3 Å². The lowest BCUT2D eigenvalue weighted by Crippen LogP contribution is -2.62. The van der Waals surface area contributed by atoms with Gasteiger partial charge in [0.05, 0.1) is 12.2 Å². The van der Waals surface area contributed by atoms with Gasteiger partial charge in [0, 0.05) is 6.54 Å². The Kier molecular flexibility index (Phi) is 4.28. The zero-order valence-corrected chi connectivity index (χ0v) is 16.6. The van der Waals surface area contributed by atoms with Gasteiger partial charge in [0.1, 0.15) is 5.82 Å². The third-order valence-corrected chi connectivity index (χ3v) is 7.28. The van der Waals surface area contributed by atoms with Crippen molar-refractivity contribution in [1.82, 2.24) is 14.7 Å². The maximum absolute atomic E-state index is 13.2. The van der Waals surface area contributed by atoms with E-state index in [1.807, 2.05) is 0 Å². The molecule has 6 nitrogen and oxygen atoms in total. The molecule has 29 heavy (non-hydrogen) atoms. The fourth-order valence-corrected chi connectivity index (χ4v) is 6.58. The van der Waals surface area contributed by atoms with Crippen molar-refractivity contribution in [2.75, 3.05) is 13.7 Å². The summed E-state index contributed by atoms with van der Waals surface area (Å²) in [6.45, 7) is 0.493. The van der Waals surface area contributed by atoms with Crippen LogP contribution in [-0.2, 0) is 16.1 Å². The second-order valence-electron chi connectivity index (χ2n) is 9.58. The van der Waals surface area contributed by atoms with Gasteiger partial charge in [-0.15, -0.1) is 0 Å². The summed E-state index contributed by atoms with van der Waals surface area (Å²) in [6.07, 6.45) is 6.16. The van der Waals surface area contributed by atoms with E-state index < -0.39 is 23.4 Å². The van der Waals surface area contributed by atoms with Gasteiger partial charge in [0.15, 0.2) is 0 Å². The van der Waals surface area contributed by atoms with Gasteiger partial charge < -0.3 is 0 Å². The Morgan fingerprint density at radius 2 is 1.52 bits per heavy atom. The summed E-state index contributed by atoms with van der Waals surface area (Å²) in [4.78, 5) is 43.0. The number of halogens is 1. The molecule has 5 aliphatic rings. The smallest absolute Gasteiger partial charge is 0.284 e. The van der Waals surface area contributed by atoms with E-state index in [9.17, 15) is 18.8 Å². The van der Waals surface area contributed by atoms with Gasteiger partial charge in [0.2, 0.25) is 0 Å². The molecule has 0 atom stereocenters. The first kappa shape index (κ1) is 18.7. The van der Waals surface area contributed by atoms with Crippen molar-refractivity contribution in [3.05, 3.63) is 35.6 Å². The Morgan fingerprint density at radius 3 is 2.07 bits per heavy atom. The molecule has 1 saturated heterocycles. The average molecular weight is 399 g/mol. The minimum atomic E-state index is -0.725. The van der Waals surface area contributed by atoms with E-state index in [-0.39, 0.29) is 12.5 Å². The lowest BCUT2D eigenvalue weighted by atomic mass is 9.52. The van der Waals surface area contributed by atoms with E-state index >= 15 is 0 Å². The predicted octanol–water partition coefficient (Wildman–Crippen LogP) is 2.97. The van der Waals surface area contributed by atoms with E-state index in [0.29, 0.717) is 24.3 Å². The Balaban J connectivity index is 1.32. The van der Waals surface area contributed by atoms with Crippen molar-refractivity contribution >= 4 is 17.8 Å². The number of urea groups is 1. The molecule has 7 heteroatoms. The minimum Gasteiger partial charge on any atom is -0.284 e. The van der Waals surface area contributed by atoms with Crippen molar-refractivity contribution < 1.29 is 18.8 Å². The Bertz CT molecular complexity index is 833. The lowest BCUT2D eigenvalue weighted by Gasteiger charge is -2.58. The second kappa shape index (κ2) is 6.62. The third kappa shape index (κ3) is 3.06. The van der Waals surface area contributed by atoms with Gasteiger partial charge in [-0.2, -0.15) is 0 Å². The van der Waals surface area contributed by atoms with Gasteiger partial charge in [-0.05, 0) is 81.0 Å². The highest BCUT2D eigenvalue weighted by molar-refractivity contribution is 6.44. The Hall–Kier alpha value is -2.28. The Morgan fingerprint density at radius 1 is 0.966 bits per heavy atom. The van der Waals surface area contributed by atoms with Gasteiger partial charge in [-0.1, -0.05) is 12.1 Å². The first-order valence-corrected chi connectivity index (χ1v) is 10.5. The fraction of sp³-hybridized carbons (Fsp3) is 0.591. The summed E-state index contributed by atoms with van der Waals surface area (Å²) >= 11 is 0. The SMILES string of the molecule is CN(Cc1ccc(F)cc1)CN1C(=O)C(=O)N(C23CC4CC(CC(C4)C2)C3)C1=O. The van der Waals surface area contributed by atoms with Gasteiger partial charge in [-0.25, -0.2) is 19.0 Å². The summed E-state index contributed by atoms with van der Waals surface area (Å²) < 4.78 is 13.1. The molecular weight excluding hydrogens is 373 g/mol. The summed E-state index contributed by atoms with van der Waals surface area (Å²) in [7, 11) is 1.78. The molecule has 0 spiro atoms. The monoisotopic (exact) mass is 399 g/mol. The van der Waals surface area contributed by atoms with Crippen molar-refractivity contribution in [3.63, 3.8) is 0 Å². The van der Waals surface area contributed by atoms with Gasteiger partial charge in [-0.3, -0.25) is 14.5 Å². The number of hydrogen-bond donors (Lipinski definition) is 0. The van der Waals surface area contributed by atoms with Crippen LogP contribution in [0.2, 0.25) is 0 Å². The van der Waals surface area contributed by atoms with Gasteiger partial charge >= 0.3 is 17.8 Å². The van der Waals surface area contributed by atoms with Crippen LogP contribution in [-0.4, -0.2) is 51.8 Å². The quantitative estimate of drug-likeness (QED) is 0.564. The van der Waals surface area contributed by atoms with Crippen molar-refractivity contribution in [3.8, 4) is 0 Å². The molecule has 1 heterocycles. The number of amides is 4. The van der Waals surface area contributed by atoms with E-state index in [4.69, 9.17) is 0 Å². The van der Waals surface area contributed by atoms with E-state index in [1.165, 1.54) is 36.3 Å². The molecule has 1 aromatic carbocycles. The second-order valence-corrected chi connectivity index (χ2v) is 9.58. The molecule has 6 rings (SSSR count). The van der Waals surface area contributed by atoms with E-state index in [0.717, 1.165) is 29.7 Å². The molecule has 154 valence electrons. The summed E-state index contributed by atoms with van der Waals surface area (Å²) in [5, 5.41) is 0. The van der Waals surface area contributed by atoms with E-state index in [1.54, 1.807) is 24.1 Å². The molecule has 0 aromatic heterocycles. The summed E-state index contributed by atoms with van der Waals surface area (Å²) in [5.41, 5.74) is 0.417. The number of carbonyl (C=O) groups is 3. The molecule has 5 fully saturated rings. The molecule has 0 unspecified atom stereocenters. The molecule has 1 aromatic rings. The number of nitrogens with zero attached hydrogens (tertiary/aromatic N) is 3. The molecule has 4 amide bonds.